The van der Waals surface area contributed by atoms with E-state index < -0.39 is 0 Å². The van der Waals surface area contributed by atoms with E-state index in [1.807, 2.05) is 0 Å². The van der Waals surface area contributed by atoms with Crippen molar-refractivity contribution in [1.29, 1.82) is 0 Å². The number of fused-ring (bicyclic) bond motifs is 6. The molecule has 308 valence electrons. The molecule has 0 bridgehead atoms. The van der Waals surface area contributed by atoms with E-state index >= 15 is 0 Å². The summed E-state index contributed by atoms with van der Waals surface area (Å²) in [5.41, 5.74) is 21.9. The highest BCUT2D eigenvalue weighted by Gasteiger charge is 2.36. The molecule has 0 amide bonds. The van der Waals surface area contributed by atoms with E-state index in [1.165, 1.54) is 83.0 Å². The van der Waals surface area contributed by atoms with E-state index in [1.54, 1.807) is 0 Å². The van der Waals surface area contributed by atoms with Crippen LogP contribution in [0.25, 0.3) is 83.1 Å². The molecule has 1 aromatic heterocycles. The fourth-order valence-corrected chi connectivity index (χ4v) is 10.3. The fraction of sp³-hybridized carbons (Fsp3) is 0.0476. The van der Waals surface area contributed by atoms with Gasteiger partial charge in [-0.2, -0.15) is 0 Å². The van der Waals surface area contributed by atoms with Gasteiger partial charge >= 0.3 is 0 Å². The summed E-state index contributed by atoms with van der Waals surface area (Å²) in [5, 5.41) is 2.58. The second kappa shape index (κ2) is 15.6. The van der Waals surface area contributed by atoms with Gasteiger partial charge in [0, 0.05) is 38.9 Å². The number of rotatable bonds is 8. The Hall–Kier alpha value is -8.20. The Morgan fingerprint density at radius 1 is 0.308 bits per heavy atom. The lowest BCUT2D eigenvalue weighted by Crippen LogP contribution is -2.14. The van der Waals surface area contributed by atoms with Crippen LogP contribution in [-0.4, -0.2) is 4.57 Å². The summed E-state index contributed by atoms with van der Waals surface area (Å²) in [4.78, 5) is 2.36. The average molecular weight is 831 g/mol. The molecule has 0 atom stereocenters. The molecule has 0 radical (unpaired) electrons. The SMILES string of the molecule is CC1(C)c2ccccc2-c2cc3c(cc21)c1ccccc1n3-c1ccc(-c2cccc(-c3cccc(N(c4ccc(-c5ccccc5)cc4)c4ccc(-c5ccccc5)cc4)c3)c2)cc1. The molecule has 0 spiro atoms. The van der Waals surface area contributed by atoms with E-state index in [0.29, 0.717) is 0 Å². The average Bonchev–Trinajstić information content (AvgIpc) is 3.82. The Morgan fingerprint density at radius 2 is 0.800 bits per heavy atom. The Balaban J connectivity index is 0.894. The van der Waals surface area contributed by atoms with Crippen molar-refractivity contribution in [2.75, 3.05) is 4.90 Å². The van der Waals surface area contributed by atoms with Crippen LogP contribution in [0.4, 0.5) is 17.1 Å². The van der Waals surface area contributed by atoms with E-state index in [4.69, 9.17) is 0 Å². The standard InChI is InChI=1S/C63H46N2/c1-63(2)59-25-11-9-23-55(59)57-42-62-58(41-60(57)63)56-24-10-12-26-61(56)65(62)53-37-31-47(32-38-53)48-19-13-20-49(39-48)50-21-14-22-54(40-50)64(51-33-27-45(28-34-51)43-15-5-3-6-16-43)52-35-29-46(30-36-52)44-17-7-4-8-18-44/h3-42H,1-2H3. The van der Waals surface area contributed by atoms with Crippen molar-refractivity contribution in [2.45, 2.75) is 19.3 Å². The predicted octanol–water partition coefficient (Wildman–Crippen LogP) is 17.2. The van der Waals surface area contributed by atoms with Crippen LogP contribution in [0.5, 0.6) is 0 Å². The van der Waals surface area contributed by atoms with Gasteiger partial charge in [-0.05, 0) is 140 Å². The van der Waals surface area contributed by atoms with Crippen molar-refractivity contribution in [3.05, 3.63) is 254 Å². The minimum Gasteiger partial charge on any atom is -0.310 e. The van der Waals surface area contributed by atoms with Gasteiger partial charge in [-0.15, -0.1) is 0 Å². The van der Waals surface area contributed by atoms with Gasteiger partial charge in [0.25, 0.3) is 0 Å². The molecule has 0 aliphatic heterocycles. The van der Waals surface area contributed by atoms with Crippen molar-refractivity contribution in [3.8, 4) is 61.3 Å². The molecular formula is C63H46N2. The highest BCUT2D eigenvalue weighted by molar-refractivity contribution is 6.11. The van der Waals surface area contributed by atoms with Crippen molar-refractivity contribution < 1.29 is 0 Å². The molecule has 1 heterocycles. The molecular weight excluding hydrogens is 785 g/mol. The summed E-state index contributed by atoms with van der Waals surface area (Å²) in [6, 6.07) is 88.6. The molecule has 65 heavy (non-hydrogen) atoms. The predicted molar refractivity (Wildman–Crippen MR) is 275 cm³/mol. The van der Waals surface area contributed by atoms with Gasteiger partial charge in [-0.25, -0.2) is 0 Å². The lowest BCUT2D eigenvalue weighted by molar-refractivity contribution is 0.661. The van der Waals surface area contributed by atoms with Gasteiger partial charge in [0.1, 0.15) is 0 Å². The van der Waals surface area contributed by atoms with Crippen molar-refractivity contribution in [3.63, 3.8) is 0 Å². The topological polar surface area (TPSA) is 8.17 Å². The van der Waals surface area contributed by atoms with Crippen molar-refractivity contribution >= 4 is 38.9 Å². The highest BCUT2D eigenvalue weighted by Crippen LogP contribution is 2.51. The third-order valence-corrected chi connectivity index (χ3v) is 13.6. The molecule has 2 heteroatoms. The molecule has 1 aliphatic rings. The normalized spacial score (nSPS) is 12.6. The molecule has 0 saturated heterocycles. The number of anilines is 3. The van der Waals surface area contributed by atoms with Crippen LogP contribution in [0.2, 0.25) is 0 Å². The number of hydrogen-bond donors (Lipinski definition) is 0. The van der Waals surface area contributed by atoms with Crippen molar-refractivity contribution in [1.82, 2.24) is 4.57 Å². The van der Waals surface area contributed by atoms with Crippen LogP contribution in [0, 0.1) is 0 Å². The maximum Gasteiger partial charge on any atom is 0.0547 e. The second-order valence-electron chi connectivity index (χ2n) is 17.8. The largest absolute Gasteiger partial charge is 0.310 e. The summed E-state index contributed by atoms with van der Waals surface area (Å²) in [6.07, 6.45) is 0. The molecule has 12 rings (SSSR count). The Kier molecular flexibility index (Phi) is 9.21. The maximum absolute atomic E-state index is 2.46. The third-order valence-electron chi connectivity index (χ3n) is 13.6. The van der Waals surface area contributed by atoms with Crippen LogP contribution in [0.1, 0.15) is 25.0 Å². The zero-order valence-corrected chi connectivity index (χ0v) is 36.5. The van der Waals surface area contributed by atoms with Crippen LogP contribution in [0.3, 0.4) is 0 Å². The van der Waals surface area contributed by atoms with Crippen LogP contribution < -0.4 is 4.90 Å². The number of benzene rings is 10. The monoisotopic (exact) mass is 830 g/mol. The summed E-state index contributed by atoms with van der Waals surface area (Å²) in [7, 11) is 0. The first-order valence-electron chi connectivity index (χ1n) is 22.6. The Labute approximate surface area is 381 Å². The van der Waals surface area contributed by atoms with Crippen LogP contribution in [0.15, 0.2) is 243 Å². The maximum atomic E-state index is 2.46. The minimum absolute atomic E-state index is 0.0512. The first kappa shape index (κ1) is 38.5. The summed E-state index contributed by atoms with van der Waals surface area (Å²) >= 11 is 0. The minimum atomic E-state index is -0.0512. The van der Waals surface area contributed by atoms with E-state index in [0.717, 1.165) is 28.3 Å². The van der Waals surface area contributed by atoms with Gasteiger partial charge in [0.2, 0.25) is 0 Å². The molecule has 1 aliphatic carbocycles. The molecule has 0 fully saturated rings. The van der Waals surface area contributed by atoms with Gasteiger partial charge in [0.15, 0.2) is 0 Å². The number of nitrogens with zero attached hydrogens (tertiary/aromatic N) is 2. The number of hydrogen-bond acceptors (Lipinski definition) is 1. The van der Waals surface area contributed by atoms with Crippen LogP contribution >= 0.6 is 0 Å². The quantitative estimate of drug-likeness (QED) is 0.148. The lowest BCUT2D eigenvalue weighted by Gasteiger charge is -2.26. The van der Waals surface area contributed by atoms with Gasteiger partial charge in [-0.1, -0.05) is 184 Å². The van der Waals surface area contributed by atoms with Gasteiger partial charge in [0.05, 0.1) is 11.0 Å². The van der Waals surface area contributed by atoms with E-state index in [2.05, 4.69) is 266 Å². The zero-order chi connectivity index (χ0) is 43.5. The van der Waals surface area contributed by atoms with Gasteiger partial charge < -0.3 is 9.47 Å². The highest BCUT2D eigenvalue weighted by atomic mass is 15.1. The fourth-order valence-electron chi connectivity index (χ4n) is 10.3. The zero-order valence-electron chi connectivity index (χ0n) is 36.5. The Bertz CT molecular complexity index is 3440. The molecule has 0 unspecified atom stereocenters. The van der Waals surface area contributed by atoms with Crippen LogP contribution in [-0.2, 0) is 5.41 Å². The molecule has 0 N–H and O–H groups in total. The molecule has 11 aromatic rings. The van der Waals surface area contributed by atoms with E-state index in [9.17, 15) is 0 Å². The summed E-state index contributed by atoms with van der Waals surface area (Å²) in [5.74, 6) is 0. The second-order valence-corrected chi connectivity index (χ2v) is 17.8. The lowest BCUT2D eigenvalue weighted by atomic mass is 9.82. The smallest absolute Gasteiger partial charge is 0.0547 e. The number of para-hydroxylation sites is 1. The summed E-state index contributed by atoms with van der Waals surface area (Å²) in [6.45, 7) is 4.72. The summed E-state index contributed by atoms with van der Waals surface area (Å²) < 4.78 is 2.45. The third kappa shape index (κ3) is 6.65. The van der Waals surface area contributed by atoms with Gasteiger partial charge in [-0.3, -0.25) is 0 Å². The Morgan fingerprint density at radius 3 is 1.46 bits per heavy atom. The molecule has 0 saturated carbocycles. The first-order valence-corrected chi connectivity index (χ1v) is 22.6. The molecule has 10 aromatic carbocycles. The first-order chi connectivity index (χ1) is 32.0. The molecule has 2 nitrogen and oxygen atoms in total. The van der Waals surface area contributed by atoms with Crippen molar-refractivity contribution in [2.24, 2.45) is 0 Å². The number of aromatic nitrogens is 1. The van der Waals surface area contributed by atoms with E-state index in [-0.39, 0.29) is 5.41 Å².